The average molecular weight is 280 g/mol. The van der Waals surface area contributed by atoms with E-state index < -0.39 is 23.5 Å². The third-order valence-electron chi connectivity index (χ3n) is 2.12. The monoisotopic (exact) mass is 280 g/mol. The lowest BCUT2D eigenvalue weighted by Crippen LogP contribution is -2.27. The smallest absolute Gasteiger partial charge is 0.233 e. The second-order valence-electron chi connectivity index (χ2n) is 3.41. The van der Waals surface area contributed by atoms with Gasteiger partial charge in [-0.15, -0.1) is 0 Å². The van der Waals surface area contributed by atoms with Crippen LogP contribution in [0.2, 0.25) is 0 Å². The molecule has 0 heterocycles. The first-order valence-electron chi connectivity index (χ1n) is 4.83. The quantitative estimate of drug-likeness (QED) is 0.455. The van der Waals surface area contributed by atoms with Gasteiger partial charge < -0.3 is 0 Å². The van der Waals surface area contributed by atoms with Crippen LogP contribution in [0.3, 0.4) is 0 Å². The Bertz CT molecular complexity index is 501. The molecule has 102 valence electrons. The molecule has 0 unspecified atom stereocenters. The van der Waals surface area contributed by atoms with E-state index in [1.165, 1.54) is 18.2 Å². The zero-order valence-corrected chi connectivity index (χ0v) is 9.14. The Morgan fingerprint density at radius 1 is 0.947 bits per heavy atom. The number of rotatable bonds is 2. The highest BCUT2D eigenvalue weighted by molar-refractivity contribution is 5.84. The van der Waals surface area contributed by atoms with Crippen molar-refractivity contribution in [3.05, 3.63) is 47.5 Å². The van der Waals surface area contributed by atoms with Crippen molar-refractivity contribution in [3.8, 4) is 0 Å². The zero-order valence-electron chi connectivity index (χ0n) is 9.14. The first-order chi connectivity index (χ1) is 8.68. The number of benzene rings is 1. The summed E-state index contributed by atoms with van der Waals surface area (Å²) in [5, 5.41) is 0. The fourth-order valence-corrected chi connectivity index (χ4v) is 1.44. The molecule has 0 aliphatic carbocycles. The van der Waals surface area contributed by atoms with Crippen LogP contribution in [0.15, 0.2) is 42.0 Å². The predicted molar refractivity (Wildman–Crippen MR) is 55.7 cm³/mol. The highest BCUT2D eigenvalue weighted by Gasteiger charge is 2.52. The van der Waals surface area contributed by atoms with Gasteiger partial charge in [0.1, 0.15) is 11.5 Å². The molecule has 0 aromatic heterocycles. The number of alkyl halides is 6. The van der Waals surface area contributed by atoms with E-state index in [1.807, 2.05) is 0 Å². The highest BCUT2D eigenvalue weighted by Crippen LogP contribution is 2.43. The third-order valence-corrected chi connectivity index (χ3v) is 2.12. The van der Waals surface area contributed by atoms with Crippen LogP contribution in [0, 0.1) is 0 Å². The van der Waals surface area contributed by atoms with E-state index in [0.29, 0.717) is 0 Å². The van der Waals surface area contributed by atoms with Crippen molar-refractivity contribution in [1.82, 2.24) is 0 Å². The molecule has 1 rings (SSSR count). The first kappa shape index (κ1) is 15.0. The number of allylic oxidation sites excluding steroid dienone is 3. The molecule has 0 aliphatic heterocycles. The molecule has 7 heteroatoms. The zero-order chi connectivity index (χ0) is 14.7. The number of halogens is 6. The Balaban J connectivity index is 3.67. The summed E-state index contributed by atoms with van der Waals surface area (Å²) in [6.45, 7) is 0. The van der Waals surface area contributed by atoms with E-state index in [4.69, 9.17) is 0 Å². The van der Waals surface area contributed by atoms with Crippen molar-refractivity contribution in [2.75, 3.05) is 0 Å². The van der Waals surface area contributed by atoms with Gasteiger partial charge in [0, 0.05) is 11.6 Å². The molecule has 0 spiro atoms. The molecule has 0 amide bonds. The molecule has 0 atom stereocenters. The molecule has 0 fully saturated rings. The van der Waals surface area contributed by atoms with Gasteiger partial charge in [-0.25, -0.2) is 4.79 Å². The van der Waals surface area contributed by atoms with Gasteiger partial charge in [-0.05, 0) is 5.56 Å². The summed E-state index contributed by atoms with van der Waals surface area (Å²) in [5.74, 6) is 0.958. The molecular weight excluding hydrogens is 274 g/mol. The van der Waals surface area contributed by atoms with Crippen molar-refractivity contribution in [1.29, 1.82) is 0 Å². The van der Waals surface area contributed by atoms with Crippen molar-refractivity contribution in [2.24, 2.45) is 0 Å². The van der Waals surface area contributed by atoms with Gasteiger partial charge in [0.15, 0.2) is 0 Å². The van der Waals surface area contributed by atoms with E-state index in [0.717, 1.165) is 18.1 Å². The average Bonchev–Trinajstić information content (AvgIpc) is 2.26. The Hall–Kier alpha value is -2.01. The van der Waals surface area contributed by atoms with Crippen LogP contribution in [0.5, 0.6) is 0 Å². The minimum absolute atomic E-state index is 0.131. The number of carbonyl (C=O) groups excluding carboxylic acids is 1. The minimum atomic E-state index is -5.63. The molecule has 19 heavy (non-hydrogen) atoms. The standard InChI is InChI=1S/C12H6F6O/c13-11(14,15)10(12(16,17)18)9(6-7-19)8-4-2-1-3-5-8/h1-6H. The molecular formula is C12H6F6O. The van der Waals surface area contributed by atoms with Gasteiger partial charge >= 0.3 is 12.4 Å². The van der Waals surface area contributed by atoms with Gasteiger partial charge in [0.2, 0.25) is 0 Å². The fraction of sp³-hybridized carbons (Fsp3) is 0.167. The van der Waals surface area contributed by atoms with Crippen molar-refractivity contribution in [3.63, 3.8) is 0 Å². The van der Waals surface area contributed by atoms with Crippen molar-refractivity contribution < 1.29 is 31.1 Å². The van der Waals surface area contributed by atoms with Gasteiger partial charge in [-0.2, -0.15) is 26.3 Å². The van der Waals surface area contributed by atoms with Crippen LogP contribution in [-0.4, -0.2) is 18.3 Å². The van der Waals surface area contributed by atoms with E-state index >= 15 is 0 Å². The summed E-state index contributed by atoms with van der Waals surface area (Å²) >= 11 is 0. The Morgan fingerprint density at radius 2 is 1.42 bits per heavy atom. The Morgan fingerprint density at radius 3 is 1.79 bits per heavy atom. The van der Waals surface area contributed by atoms with Gasteiger partial charge in [0.05, 0.1) is 0 Å². The number of hydrogen-bond donors (Lipinski definition) is 0. The summed E-state index contributed by atoms with van der Waals surface area (Å²) in [6.07, 6.45) is -11.1. The molecule has 1 nitrogen and oxygen atoms in total. The highest BCUT2D eigenvalue weighted by atomic mass is 19.4. The SMILES string of the molecule is O=C=CC(=C(C(F)(F)F)C(F)(F)F)c1ccccc1. The van der Waals surface area contributed by atoms with Gasteiger partial charge in [-0.1, -0.05) is 30.3 Å². The third kappa shape index (κ3) is 3.72. The maximum atomic E-state index is 12.5. The van der Waals surface area contributed by atoms with Gasteiger partial charge in [0.25, 0.3) is 0 Å². The van der Waals surface area contributed by atoms with Gasteiger partial charge in [-0.3, -0.25) is 0 Å². The molecule has 0 N–H and O–H groups in total. The van der Waals surface area contributed by atoms with Crippen LogP contribution < -0.4 is 0 Å². The van der Waals surface area contributed by atoms with Crippen molar-refractivity contribution in [2.45, 2.75) is 12.4 Å². The summed E-state index contributed by atoms with van der Waals surface area (Å²) in [4.78, 5) is 10.2. The topological polar surface area (TPSA) is 17.1 Å². The normalized spacial score (nSPS) is 11.7. The fourth-order valence-electron chi connectivity index (χ4n) is 1.44. The molecule has 0 bridgehead atoms. The second-order valence-corrected chi connectivity index (χ2v) is 3.41. The molecule has 0 aliphatic rings. The lowest BCUT2D eigenvalue weighted by molar-refractivity contribution is -0.170. The molecule has 0 saturated carbocycles. The lowest BCUT2D eigenvalue weighted by atomic mass is 9.99. The minimum Gasteiger partial charge on any atom is -0.233 e. The summed E-state index contributed by atoms with van der Waals surface area (Å²) < 4.78 is 75.3. The van der Waals surface area contributed by atoms with Crippen molar-refractivity contribution >= 4 is 11.5 Å². The van der Waals surface area contributed by atoms with E-state index in [-0.39, 0.29) is 11.6 Å². The van der Waals surface area contributed by atoms with E-state index in [9.17, 15) is 31.1 Å². The van der Waals surface area contributed by atoms with Crippen LogP contribution in [-0.2, 0) is 4.79 Å². The molecule has 1 aromatic carbocycles. The molecule has 0 radical (unpaired) electrons. The van der Waals surface area contributed by atoms with Crippen LogP contribution in [0.1, 0.15) is 5.56 Å². The van der Waals surface area contributed by atoms with Crippen LogP contribution >= 0.6 is 0 Å². The molecule has 1 aromatic rings. The molecule has 0 saturated heterocycles. The maximum Gasteiger partial charge on any atom is 0.421 e. The van der Waals surface area contributed by atoms with Crippen LogP contribution in [0.4, 0.5) is 26.3 Å². The predicted octanol–water partition coefficient (Wildman–Crippen LogP) is 3.95. The number of hydrogen-bond acceptors (Lipinski definition) is 1. The lowest BCUT2D eigenvalue weighted by Gasteiger charge is -2.18. The van der Waals surface area contributed by atoms with Crippen LogP contribution in [0.25, 0.3) is 5.57 Å². The summed E-state index contributed by atoms with van der Waals surface area (Å²) in [6, 6.07) is 6.03. The van der Waals surface area contributed by atoms with E-state index in [1.54, 1.807) is 0 Å². The Kier molecular flexibility index (Phi) is 4.21. The Labute approximate surface area is 103 Å². The maximum absolute atomic E-state index is 12.5. The first-order valence-corrected chi connectivity index (χ1v) is 4.83. The summed E-state index contributed by atoms with van der Waals surface area (Å²) in [7, 11) is 0. The summed E-state index contributed by atoms with van der Waals surface area (Å²) in [5.41, 5.74) is -4.35. The second kappa shape index (κ2) is 5.32. The van der Waals surface area contributed by atoms with E-state index in [2.05, 4.69) is 0 Å². The largest absolute Gasteiger partial charge is 0.421 e.